The minimum atomic E-state index is -3.87. The first-order valence-corrected chi connectivity index (χ1v) is 10.9. The second-order valence-corrected chi connectivity index (χ2v) is 8.83. The Balaban J connectivity index is 1.84. The van der Waals surface area contributed by atoms with Crippen LogP contribution in [0, 0.1) is 19.7 Å². The number of carbonyl (C=O) groups excluding carboxylic acids is 1. The fraction of sp³-hybridized carbons (Fsp3) is 0.174. The van der Waals surface area contributed by atoms with E-state index < -0.39 is 15.9 Å². The van der Waals surface area contributed by atoms with E-state index >= 15 is 0 Å². The molecule has 156 valence electrons. The summed E-state index contributed by atoms with van der Waals surface area (Å²) in [6.45, 7) is 5.33. The van der Waals surface area contributed by atoms with Crippen LogP contribution in [-0.4, -0.2) is 14.3 Å². The highest BCUT2D eigenvalue weighted by molar-refractivity contribution is 7.92. The molecule has 0 aromatic heterocycles. The Kier molecular flexibility index (Phi) is 6.22. The maximum Gasteiger partial charge on any atom is 0.261 e. The monoisotopic (exact) mass is 426 g/mol. The van der Waals surface area contributed by atoms with Gasteiger partial charge in [0.1, 0.15) is 5.82 Å². The van der Waals surface area contributed by atoms with Gasteiger partial charge in [0, 0.05) is 5.56 Å². The van der Waals surface area contributed by atoms with Crippen molar-refractivity contribution < 1.29 is 17.6 Å². The summed E-state index contributed by atoms with van der Waals surface area (Å²) in [5, 5.41) is 2.83. The highest BCUT2D eigenvalue weighted by atomic mass is 32.2. The van der Waals surface area contributed by atoms with Crippen LogP contribution >= 0.6 is 0 Å². The van der Waals surface area contributed by atoms with Gasteiger partial charge in [0.05, 0.1) is 16.6 Å². The third-order valence-corrected chi connectivity index (χ3v) is 6.23. The van der Waals surface area contributed by atoms with Gasteiger partial charge in [-0.3, -0.25) is 9.52 Å². The molecule has 30 heavy (non-hydrogen) atoms. The van der Waals surface area contributed by atoms with Crippen molar-refractivity contribution in [2.45, 2.75) is 31.7 Å². The van der Waals surface area contributed by atoms with E-state index in [1.165, 1.54) is 24.3 Å². The normalized spacial score (nSPS) is 12.3. The van der Waals surface area contributed by atoms with Crippen LogP contribution in [0.1, 0.15) is 40.0 Å². The zero-order valence-corrected chi connectivity index (χ0v) is 17.8. The number of halogens is 1. The third kappa shape index (κ3) is 4.86. The molecule has 0 aliphatic carbocycles. The molecular weight excluding hydrogens is 403 g/mol. The number of carbonyl (C=O) groups is 1. The average Bonchev–Trinajstić information content (AvgIpc) is 2.70. The molecule has 1 amide bonds. The molecule has 1 atom stereocenters. The molecule has 3 aromatic rings. The first kappa shape index (κ1) is 21.5. The van der Waals surface area contributed by atoms with Gasteiger partial charge in [-0.15, -0.1) is 0 Å². The average molecular weight is 427 g/mol. The third-order valence-electron chi connectivity index (χ3n) is 4.87. The van der Waals surface area contributed by atoms with E-state index in [1.54, 1.807) is 44.2 Å². The Morgan fingerprint density at radius 3 is 2.27 bits per heavy atom. The molecule has 7 heteroatoms. The molecule has 0 heterocycles. The van der Waals surface area contributed by atoms with E-state index in [9.17, 15) is 17.6 Å². The van der Waals surface area contributed by atoms with Gasteiger partial charge in [-0.05, 0) is 67.8 Å². The number of amides is 1. The highest BCUT2D eigenvalue weighted by Gasteiger charge is 2.20. The molecule has 0 aliphatic heterocycles. The second-order valence-electron chi connectivity index (χ2n) is 7.14. The summed E-state index contributed by atoms with van der Waals surface area (Å²) in [6.07, 6.45) is 0. The van der Waals surface area contributed by atoms with E-state index in [0.717, 1.165) is 11.1 Å². The first-order chi connectivity index (χ1) is 14.2. The number of hydrogen-bond donors (Lipinski definition) is 2. The number of benzene rings is 3. The maximum atomic E-state index is 13.1. The summed E-state index contributed by atoms with van der Waals surface area (Å²) >= 11 is 0. The predicted octanol–water partition coefficient (Wildman–Crippen LogP) is 4.73. The number of sulfonamides is 1. The quantitative estimate of drug-likeness (QED) is 0.598. The minimum absolute atomic E-state index is 0.00376. The molecule has 3 rings (SSSR count). The van der Waals surface area contributed by atoms with Gasteiger partial charge in [0.15, 0.2) is 0 Å². The van der Waals surface area contributed by atoms with Crippen molar-refractivity contribution in [2.24, 2.45) is 0 Å². The van der Waals surface area contributed by atoms with Crippen LogP contribution in [0.3, 0.4) is 0 Å². The molecule has 3 aromatic carbocycles. The molecule has 0 spiro atoms. The molecule has 0 fully saturated rings. The van der Waals surface area contributed by atoms with Crippen molar-refractivity contribution in [1.82, 2.24) is 5.32 Å². The minimum Gasteiger partial charge on any atom is -0.346 e. The molecular formula is C23H23FN2O3S. The number of para-hydroxylation sites is 1. The number of rotatable bonds is 6. The number of hydrogen-bond acceptors (Lipinski definition) is 3. The molecule has 2 N–H and O–H groups in total. The number of aryl methyl sites for hydroxylation is 2. The Morgan fingerprint density at radius 1 is 0.933 bits per heavy atom. The van der Waals surface area contributed by atoms with Gasteiger partial charge < -0.3 is 5.32 Å². The van der Waals surface area contributed by atoms with Crippen LogP contribution in [0.15, 0.2) is 71.6 Å². The highest BCUT2D eigenvalue weighted by Crippen LogP contribution is 2.22. The lowest BCUT2D eigenvalue weighted by Gasteiger charge is -2.16. The van der Waals surface area contributed by atoms with Gasteiger partial charge in [0.25, 0.3) is 15.9 Å². The summed E-state index contributed by atoms with van der Waals surface area (Å²) < 4.78 is 41.4. The first-order valence-electron chi connectivity index (χ1n) is 9.43. The van der Waals surface area contributed by atoms with Gasteiger partial charge in [-0.1, -0.05) is 36.4 Å². The van der Waals surface area contributed by atoms with Crippen molar-refractivity contribution in [3.63, 3.8) is 0 Å². The lowest BCUT2D eigenvalue weighted by molar-refractivity contribution is 0.0939. The molecule has 0 aliphatic rings. The Bertz CT molecular complexity index is 1180. The largest absolute Gasteiger partial charge is 0.346 e. The van der Waals surface area contributed by atoms with Crippen LogP contribution in [0.4, 0.5) is 10.1 Å². The number of anilines is 1. The molecule has 5 nitrogen and oxygen atoms in total. The van der Waals surface area contributed by atoms with Crippen LogP contribution in [0.5, 0.6) is 0 Å². The van der Waals surface area contributed by atoms with Gasteiger partial charge >= 0.3 is 0 Å². The zero-order chi connectivity index (χ0) is 21.9. The summed E-state index contributed by atoms with van der Waals surface area (Å²) in [7, 11) is -3.87. The van der Waals surface area contributed by atoms with E-state index in [4.69, 9.17) is 0 Å². The lowest BCUT2D eigenvalue weighted by Crippen LogP contribution is -2.27. The maximum absolute atomic E-state index is 13.1. The lowest BCUT2D eigenvalue weighted by atomic mass is 10.1. The van der Waals surface area contributed by atoms with E-state index in [1.807, 2.05) is 19.1 Å². The van der Waals surface area contributed by atoms with Crippen LogP contribution < -0.4 is 10.0 Å². The van der Waals surface area contributed by atoms with Gasteiger partial charge in [0.2, 0.25) is 0 Å². The topological polar surface area (TPSA) is 75.3 Å². The second kappa shape index (κ2) is 8.67. The predicted molar refractivity (Wildman–Crippen MR) is 115 cm³/mol. The Morgan fingerprint density at radius 2 is 1.60 bits per heavy atom. The zero-order valence-electron chi connectivity index (χ0n) is 16.9. The summed E-state index contributed by atoms with van der Waals surface area (Å²) in [6, 6.07) is 17.0. The SMILES string of the molecule is Cc1ccccc1NS(=O)(=O)c1ccc(C)c(C(=O)NC(C)c2ccc(F)cc2)c1. The summed E-state index contributed by atoms with van der Waals surface area (Å²) in [5.74, 6) is -0.760. The molecule has 0 saturated carbocycles. The van der Waals surface area contributed by atoms with E-state index in [2.05, 4.69) is 10.0 Å². The fourth-order valence-corrected chi connectivity index (χ4v) is 4.17. The van der Waals surface area contributed by atoms with Crippen molar-refractivity contribution in [3.05, 3.63) is 94.8 Å². The Hall–Kier alpha value is -3.19. The summed E-state index contributed by atoms with van der Waals surface area (Å²) in [4.78, 5) is 12.8. The van der Waals surface area contributed by atoms with Crippen LogP contribution in [0.25, 0.3) is 0 Å². The van der Waals surface area contributed by atoms with Crippen LogP contribution in [-0.2, 0) is 10.0 Å². The summed E-state index contributed by atoms with van der Waals surface area (Å²) in [5.41, 5.74) is 2.92. The van der Waals surface area contributed by atoms with Crippen LogP contribution in [0.2, 0.25) is 0 Å². The van der Waals surface area contributed by atoms with Crippen molar-refractivity contribution >= 4 is 21.6 Å². The Labute approximate surface area is 176 Å². The fourth-order valence-electron chi connectivity index (χ4n) is 3.01. The molecule has 0 bridgehead atoms. The van der Waals surface area contributed by atoms with E-state index in [0.29, 0.717) is 11.3 Å². The molecule has 0 saturated heterocycles. The standard InChI is InChI=1S/C23H23FN2O3S/c1-15-8-13-20(30(28,29)26-22-7-5-4-6-16(22)2)14-21(15)23(27)25-17(3)18-9-11-19(24)12-10-18/h4-14,17,26H,1-3H3,(H,25,27). The van der Waals surface area contributed by atoms with Crippen molar-refractivity contribution in [3.8, 4) is 0 Å². The van der Waals surface area contributed by atoms with Crippen molar-refractivity contribution in [1.29, 1.82) is 0 Å². The molecule has 1 unspecified atom stereocenters. The molecule has 0 radical (unpaired) electrons. The van der Waals surface area contributed by atoms with Gasteiger partial charge in [-0.2, -0.15) is 0 Å². The van der Waals surface area contributed by atoms with Crippen molar-refractivity contribution in [2.75, 3.05) is 4.72 Å². The van der Waals surface area contributed by atoms with E-state index in [-0.39, 0.29) is 22.3 Å². The number of nitrogens with one attached hydrogen (secondary N) is 2. The van der Waals surface area contributed by atoms with Gasteiger partial charge in [-0.25, -0.2) is 12.8 Å². The smallest absolute Gasteiger partial charge is 0.261 e.